The molecule has 1 atom stereocenters. The first kappa shape index (κ1) is 29.1. The van der Waals surface area contributed by atoms with Crippen LogP contribution in [-0.2, 0) is 0 Å². The molecule has 0 amide bonds. The molecule has 2 aliphatic rings. The van der Waals surface area contributed by atoms with Crippen molar-refractivity contribution in [3.63, 3.8) is 0 Å². The lowest BCUT2D eigenvalue weighted by Crippen LogP contribution is -2.62. The van der Waals surface area contributed by atoms with Crippen LogP contribution in [-0.4, -0.2) is 47.3 Å². The second kappa shape index (κ2) is 11.3. The van der Waals surface area contributed by atoms with Crippen molar-refractivity contribution in [1.29, 1.82) is 0 Å². The van der Waals surface area contributed by atoms with Crippen molar-refractivity contribution in [3.05, 3.63) is 0 Å². The van der Waals surface area contributed by atoms with Gasteiger partial charge in [-0.25, -0.2) is 0 Å². The summed E-state index contributed by atoms with van der Waals surface area (Å²) in [6, 6.07) is 1.24. The second-order valence-electron chi connectivity index (χ2n) is 14.4. The SMILES string of the molecule is CCCCC(CC)(CCCNC1CC(C)(C)NC(C)(C)C1)CNC1CC(C)(C)NC(C)(C)C1. The monoisotopic (exact) mass is 464 g/mol. The number of rotatable bonds is 12. The minimum Gasteiger partial charge on any atom is -0.314 e. The molecule has 2 fully saturated rings. The van der Waals surface area contributed by atoms with E-state index in [1.54, 1.807) is 0 Å². The second-order valence-corrected chi connectivity index (χ2v) is 14.4. The fourth-order valence-corrected chi connectivity index (χ4v) is 7.40. The smallest absolute Gasteiger partial charge is 0.0144 e. The molecular formula is C29H60N4. The maximum absolute atomic E-state index is 4.08. The fourth-order valence-electron chi connectivity index (χ4n) is 7.40. The average Bonchev–Trinajstić information content (AvgIpc) is 2.62. The lowest BCUT2D eigenvalue weighted by atomic mass is 9.74. The van der Waals surface area contributed by atoms with E-state index in [1.807, 2.05) is 0 Å². The topological polar surface area (TPSA) is 48.1 Å². The van der Waals surface area contributed by atoms with Crippen molar-refractivity contribution in [2.24, 2.45) is 5.41 Å². The summed E-state index contributed by atoms with van der Waals surface area (Å²) in [5, 5.41) is 15.7. The first-order valence-electron chi connectivity index (χ1n) is 14.2. The zero-order valence-corrected chi connectivity index (χ0v) is 24.1. The van der Waals surface area contributed by atoms with Gasteiger partial charge < -0.3 is 21.3 Å². The average molecular weight is 465 g/mol. The van der Waals surface area contributed by atoms with Crippen LogP contribution in [0.5, 0.6) is 0 Å². The van der Waals surface area contributed by atoms with E-state index in [0.29, 0.717) is 17.5 Å². The molecule has 0 aliphatic carbocycles. The third kappa shape index (κ3) is 9.78. The van der Waals surface area contributed by atoms with Gasteiger partial charge in [0.05, 0.1) is 0 Å². The molecule has 2 rings (SSSR count). The van der Waals surface area contributed by atoms with Crippen LogP contribution < -0.4 is 21.3 Å². The van der Waals surface area contributed by atoms with Crippen LogP contribution in [0.15, 0.2) is 0 Å². The summed E-state index contributed by atoms with van der Waals surface area (Å²) in [6.07, 6.45) is 12.8. The van der Waals surface area contributed by atoms with Gasteiger partial charge in [0.2, 0.25) is 0 Å². The van der Waals surface area contributed by atoms with Gasteiger partial charge in [-0.1, -0.05) is 26.7 Å². The van der Waals surface area contributed by atoms with Crippen molar-refractivity contribution in [3.8, 4) is 0 Å². The Morgan fingerprint density at radius 1 is 0.667 bits per heavy atom. The van der Waals surface area contributed by atoms with Crippen molar-refractivity contribution in [1.82, 2.24) is 21.3 Å². The predicted octanol–water partition coefficient (Wildman–Crippen LogP) is 6.15. The van der Waals surface area contributed by atoms with Crippen LogP contribution in [0.2, 0.25) is 0 Å². The molecule has 1 unspecified atom stereocenters. The highest BCUT2D eigenvalue weighted by Crippen LogP contribution is 2.35. The van der Waals surface area contributed by atoms with E-state index >= 15 is 0 Å². The third-order valence-electron chi connectivity index (χ3n) is 8.27. The summed E-state index contributed by atoms with van der Waals surface area (Å²) in [6.45, 7) is 26.0. The lowest BCUT2D eigenvalue weighted by molar-refractivity contribution is 0.124. The van der Waals surface area contributed by atoms with Gasteiger partial charge in [0, 0.05) is 40.8 Å². The zero-order valence-electron chi connectivity index (χ0n) is 24.1. The number of hydrogen-bond donors (Lipinski definition) is 4. The minimum absolute atomic E-state index is 0.206. The van der Waals surface area contributed by atoms with Crippen LogP contribution in [0.3, 0.4) is 0 Å². The van der Waals surface area contributed by atoms with Crippen LogP contribution in [0.1, 0.15) is 133 Å². The third-order valence-corrected chi connectivity index (χ3v) is 8.27. The molecule has 2 saturated heterocycles. The van der Waals surface area contributed by atoms with Crippen molar-refractivity contribution >= 4 is 0 Å². The van der Waals surface area contributed by atoms with E-state index < -0.39 is 0 Å². The molecule has 196 valence electrons. The normalized spacial score (nSPS) is 26.7. The summed E-state index contributed by atoms with van der Waals surface area (Å²) in [5.74, 6) is 0. The number of piperidine rings is 2. The molecule has 4 nitrogen and oxygen atoms in total. The van der Waals surface area contributed by atoms with Crippen LogP contribution in [0.4, 0.5) is 0 Å². The molecule has 2 aliphatic heterocycles. The number of hydrogen-bond acceptors (Lipinski definition) is 4. The highest BCUT2D eigenvalue weighted by Gasteiger charge is 2.39. The van der Waals surface area contributed by atoms with Gasteiger partial charge in [-0.05, 0) is 119 Å². The predicted molar refractivity (Wildman–Crippen MR) is 146 cm³/mol. The van der Waals surface area contributed by atoms with Gasteiger partial charge in [0.1, 0.15) is 0 Å². The number of unbranched alkanes of at least 4 members (excludes halogenated alkanes) is 1. The number of nitrogens with one attached hydrogen (secondary N) is 4. The van der Waals surface area contributed by atoms with E-state index in [0.717, 1.165) is 6.54 Å². The molecule has 33 heavy (non-hydrogen) atoms. The van der Waals surface area contributed by atoms with E-state index in [9.17, 15) is 0 Å². The van der Waals surface area contributed by atoms with Gasteiger partial charge >= 0.3 is 0 Å². The van der Waals surface area contributed by atoms with Crippen LogP contribution >= 0.6 is 0 Å². The largest absolute Gasteiger partial charge is 0.314 e. The maximum Gasteiger partial charge on any atom is 0.0144 e. The fraction of sp³-hybridized carbons (Fsp3) is 1.00. The Balaban J connectivity index is 1.91. The maximum atomic E-state index is 4.08. The Kier molecular flexibility index (Phi) is 9.93. The molecule has 2 heterocycles. The molecular weight excluding hydrogens is 404 g/mol. The van der Waals surface area contributed by atoms with Crippen molar-refractivity contribution < 1.29 is 0 Å². The standard InChI is InChI=1S/C29H60N4/c1-11-13-15-29(12-2,22-31-24-20-27(7,8)33-28(9,10)21-24)16-14-17-30-23-18-25(3,4)32-26(5,6)19-23/h23-24,30-33H,11-22H2,1-10H3. The van der Waals surface area contributed by atoms with E-state index in [1.165, 1.54) is 70.8 Å². The molecule has 4 heteroatoms. The highest BCUT2D eigenvalue weighted by molar-refractivity contribution is 5.01. The Hall–Kier alpha value is -0.160. The molecule has 4 N–H and O–H groups in total. The minimum atomic E-state index is 0.206. The van der Waals surface area contributed by atoms with Gasteiger partial charge in [-0.3, -0.25) is 0 Å². The summed E-state index contributed by atoms with van der Waals surface area (Å²) in [4.78, 5) is 0. The molecule has 0 aromatic rings. The van der Waals surface area contributed by atoms with E-state index in [-0.39, 0.29) is 22.2 Å². The molecule has 0 bridgehead atoms. The van der Waals surface area contributed by atoms with Crippen LogP contribution in [0.25, 0.3) is 0 Å². The molecule has 0 radical (unpaired) electrons. The van der Waals surface area contributed by atoms with Crippen molar-refractivity contribution in [2.75, 3.05) is 13.1 Å². The van der Waals surface area contributed by atoms with Crippen LogP contribution in [0, 0.1) is 5.41 Å². The van der Waals surface area contributed by atoms with E-state index in [4.69, 9.17) is 0 Å². The van der Waals surface area contributed by atoms with Gasteiger partial charge in [0.25, 0.3) is 0 Å². The summed E-state index contributed by atoms with van der Waals surface area (Å²) in [5.41, 5.74) is 1.28. The van der Waals surface area contributed by atoms with Gasteiger partial charge in [0.15, 0.2) is 0 Å². The molecule has 0 spiro atoms. The summed E-state index contributed by atoms with van der Waals surface area (Å²) < 4.78 is 0. The Labute approximate surface area is 207 Å². The Morgan fingerprint density at radius 2 is 1.09 bits per heavy atom. The van der Waals surface area contributed by atoms with Gasteiger partial charge in [-0.2, -0.15) is 0 Å². The highest BCUT2D eigenvalue weighted by atomic mass is 15.1. The first-order chi connectivity index (χ1) is 15.1. The summed E-state index contributed by atoms with van der Waals surface area (Å²) in [7, 11) is 0. The lowest BCUT2D eigenvalue weighted by Gasteiger charge is -2.48. The Morgan fingerprint density at radius 3 is 1.52 bits per heavy atom. The van der Waals surface area contributed by atoms with Gasteiger partial charge in [-0.15, -0.1) is 0 Å². The molecule has 0 aromatic carbocycles. The molecule has 0 saturated carbocycles. The summed E-state index contributed by atoms with van der Waals surface area (Å²) >= 11 is 0. The quantitative estimate of drug-likeness (QED) is 0.262. The zero-order chi connectivity index (χ0) is 25.0. The van der Waals surface area contributed by atoms with Crippen molar-refractivity contribution in [2.45, 2.75) is 168 Å². The Bertz CT molecular complexity index is 562. The molecule has 0 aromatic heterocycles. The first-order valence-corrected chi connectivity index (χ1v) is 14.2. The van der Waals surface area contributed by atoms with E-state index in [2.05, 4.69) is 90.5 Å².